The molecule has 19 heavy (non-hydrogen) atoms. The molecule has 1 aromatic carbocycles. The number of hydrogen-bond acceptors (Lipinski definition) is 2. The second-order valence-corrected chi connectivity index (χ2v) is 5.58. The van der Waals surface area contributed by atoms with E-state index >= 15 is 0 Å². The van der Waals surface area contributed by atoms with Gasteiger partial charge in [-0.1, -0.05) is 44.2 Å². The minimum atomic E-state index is -0.351. The normalized spacial score (nSPS) is 15.9. The van der Waals surface area contributed by atoms with Crippen molar-refractivity contribution in [1.29, 1.82) is 0 Å². The van der Waals surface area contributed by atoms with Crippen LogP contribution in [-0.2, 0) is 22.4 Å². The maximum Gasteiger partial charge on any atom is 0.333 e. The maximum absolute atomic E-state index is 11.9. The highest BCUT2D eigenvalue weighted by molar-refractivity contribution is 5.87. The number of carbonyl (C=O) groups excluding carboxylic acids is 1. The van der Waals surface area contributed by atoms with Crippen LogP contribution >= 0.6 is 0 Å². The lowest BCUT2D eigenvalue weighted by atomic mass is 9.93. The summed E-state index contributed by atoms with van der Waals surface area (Å²) in [7, 11) is 0. The van der Waals surface area contributed by atoms with Gasteiger partial charge in [-0.2, -0.15) is 0 Å². The number of unbranched alkanes of at least 4 members (excludes halogenated alkanes) is 1. The van der Waals surface area contributed by atoms with Crippen LogP contribution in [0.5, 0.6) is 0 Å². The highest BCUT2D eigenvalue weighted by Crippen LogP contribution is 2.37. The Balaban J connectivity index is 2.19. The van der Waals surface area contributed by atoms with E-state index in [0.717, 1.165) is 32.1 Å². The molecule has 0 N–H and O–H groups in total. The first-order valence-electron chi connectivity index (χ1n) is 7.02. The van der Waals surface area contributed by atoms with Crippen LogP contribution in [0, 0.1) is 0 Å². The van der Waals surface area contributed by atoms with Crippen molar-refractivity contribution in [3.63, 3.8) is 0 Å². The number of hydrogen-bond donors (Lipinski definition) is 0. The van der Waals surface area contributed by atoms with E-state index in [1.54, 1.807) is 6.92 Å². The zero-order valence-electron chi connectivity index (χ0n) is 11.9. The van der Waals surface area contributed by atoms with E-state index in [1.165, 1.54) is 11.1 Å². The Morgan fingerprint density at radius 1 is 1.32 bits per heavy atom. The molecule has 0 atom stereocenters. The largest absolute Gasteiger partial charge is 0.455 e. The summed E-state index contributed by atoms with van der Waals surface area (Å²) < 4.78 is 5.81. The van der Waals surface area contributed by atoms with E-state index in [9.17, 15) is 4.79 Å². The van der Waals surface area contributed by atoms with Crippen LogP contribution in [0.15, 0.2) is 36.4 Å². The Morgan fingerprint density at radius 2 is 1.89 bits per heavy atom. The molecule has 0 saturated carbocycles. The molecule has 0 aliphatic heterocycles. The van der Waals surface area contributed by atoms with Crippen LogP contribution in [0.25, 0.3) is 0 Å². The first-order chi connectivity index (χ1) is 9.06. The van der Waals surface area contributed by atoms with E-state index in [4.69, 9.17) is 4.74 Å². The number of rotatable bonds is 5. The molecule has 2 heteroatoms. The quantitative estimate of drug-likeness (QED) is 0.592. The predicted molar refractivity (Wildman–Crippen MR) is 77.0 cm³/mol. The summed E-state index contributed by atoms with van der Waals surface area (Å²) in [4.78, 5) is 11.9. The fraction of sp³-hybridized carbons (Fsp3) is 0.471. The zero-order valence-corrected chi connectivity index (χ0v) is 11.9. The molecule has 0 bridgehead atoms. The molecular weight excluding hydrogens is 236 g/mol. The maximum atomic E-state index is 11.9. The molecule has 102 valence electrons. The molecule has 0 spiro atoms. The molecule has 0 radical (unpaired) electrons. The monoisotopic (exact) mass is 258 g/mol. The Labute approximate surface area is 115 Å². The summed E-state index contributed by atoms with van der Waals surface area (Å²) in [5.41, 5.74) is 2.75. The number of carbonyl (C=O) groups is 1. The molecule has 0 heterocycles. The van der Waals surface area contributed by atoms with Crippen molar-refractivity contribution >= 4 is 5.97 Å². The van der Waals surface area contributed by atoms with Gasteiger partial charge in [0.05, 0.1) is 0 Å². The number of esters is 1. The lowest BCUT2D eigenvalue weighted by molar-refractivity contribution is -0.154. The van der Waals surface area contributed by atoms with E-state index in [-0.39, 0.29) is 11.6 Å². The number of ether oxygens (including phenoxy) is 1. The minimum Gasteiger partial charge on any atom is -0.455 e. The van der Waals surface area contributed by atoms with Gasteiger partial charge in [0, 0.05) is 18.4 Å². The van der Waals surface area contributed by atoms with Crippen molar-refractivity contribution < 1.29 is 9.53 Å². The number of fused-ring (bicyclic) bond motifs is 1. The Hall–Kier alpha value is -1.57. The standard InChI is InChI=1S/C17H22O2/c1-4-5-10-17(19-16(18)13(2)3)11-14-8-6-7-9-15(14)12-17/h6-9H,2,4-5,10-12H2,1,3H3. The van der Waals surface area contributed by atoms with Gasteiger partial charge in [-0.05, 0) is 30.9 Å². The molecular formula is C17H22O2. The average molecular weight is 258 g/mol. The van der Waals surface area contributed by atoms with E-state index < -0.39 is 0 Å². The topological polar surface area (TPSA) is 26.3 Å². The fourth-order valence-electron chi connectivity index (χ4n) is 2.74. The smallest absolute Gasteiger partial charge is 0.333 e. The average Bonchev–Trinajstić information content (AvgIpc) is 2.74. The summed E-state index contributed by atoms with van der Waals surface area (Å²) in [5.74, 6) is -0.260. The van der Waals surface area contributed by atoms with Crippen molar-refractivity contribution in [2.75, 3.05) is 0 Å². The van der Waals surface area contributed by atoms with Crippen LogP contribution in [0.2, 0.25) is 0 Å². The summed E-state index contributed by atoms with van der Waals surface area (Å²) in [6.45, 7) is 7.55. The van der Waals surface area contributed by atoms with Crippen molar-refractivity contribution in [1.82, 2.24) is 0 Å². The second-order valence-electron chi connectivity index (χ2n) is 5.58. The molecule has 0 fully saturated rings. The van der Waals surface area contributed by atoms with Gasteiger partial charge in [-0.25, -0.2) is 4.79 Å². The lowest BCUT2D eigenvalue weighted by Crippen LogP contribution is -2.36. The summed E-state index contributed by atoms with van der Waals surface area (Å²) >= 11 is 0. The third kappa shape index (κ3) is 3.06. The lowest BCUT2D eigenvalue weighted by Gasteiger charge is -2.29. The van der Waals surface area contributed by atoms with Crippen LogP contribution < -0.4 is 0 Å². The van der Waals surface area contributed by atoms with Crippen molar-refractivity contribution in [3.05, 3.63) is 47.5 Å². The first kappa shape index (κ1) is 13.9. The van der Waals surface area contributed by atoms with Gasteiger partial charge < -0.3 is 4.74 Å². The van der Waals surface area contributed by atoms with E-state index in [1.807, 2.05) is 0 Å². The van der Waals surface area contributed by atoms with Crippen molar-refractivity contribution in [3.8, 4) is 0 Å². The second kappa shape index (κ2) is 5.60. The van der Waals surface area contributed by atoms with Gasteiger partial charge in [0.1, 0.15) is 5.60 Å². The van der Waals surface area contributed by atoms with Crippen molar-refractivity contribution in [2.45, 2.75) is 51.6 Å². The highest BCUT2D eigenvalue weighted by atomic mass is 16.6. The van der Waals surface area contributed by atoms with Gasteiger partial charge in [0.25, 0.3) is 0 Å². The van der Waals surface area contributed by atoms with E-state index in [0.29, 0.717) is 5.57 Å². The molecule has 2 rings (SSSR count). The van der Waals surface area contributed by atoms with Gasteiger partial charge >= 0.3 is 5.97 Å². The number of benzene rings is 1. The highest BCUT2D eigenvalue weighted by Gasteiger charge is 2.40. The van der Waals surface area contributed by atoms with Gasteiger partial charge in [0.2, 0.25) is 0 Å². The van der Waals surface area contributed by atoms with Crippen LogP contribution in [0.1, 0.15) is 44.2 Å². The summed E-state index contributed by atoms with van der Waals surface area (Å²) in [6, 6.07) is 8.37. The molecule has 1 aliphatic carbocycles. The van der Waals surface area contributed by atoms with Gasteiger partial charge in [-0.3, -0.25) is 0 Å². The van der Waals surface area contributed by atoms with Gasteiger partial charge in [-0.15, -0.1) is 0 Å². The Morgan fingerprint density at radius 3 is 2.37 bits per heavy atom. The fourth-order valence-corrected chi connectivity index (χ4v) is 2.74. The van der Waals surface area contributed by atoms with Gasteiger partial charge in [0.15, 0.2) is 0 Å². The Kier molecular flexibility index (Phi) is 4.08. The summed E-state index contributed by atoms with van der Waals surface area (Å²) in [6.07, 6.45) is 4.79. The third-order valence-corrected chi connectivity index (χ3v) is 3.79. The molecule has 0 amide bonds. The minimum absolute atomic E-state index is 0.260. The SMILES string of the molecule is C=C(C)C(=O)OC1(CCCC)Cc2ccccc2C1. The molecule has 1 aromatic rings. The van der Waals surface area contributed by atoms with Crippen LogP contribution in [-0.4, -0.2) is 11.6 Å². The molecule has 0 aromatic heterocycles. The van der Waals surface area contributed by atoms with Crippen molar-refractivity contribution in [2.24, 2.45) is 0 Å². The predicted octanol–water partition coefficient (Wildman–Crippen LogP) is 3.83. The molecule has 2 nitrogen and oxygen atoms in total. The zero-order chi connectivity index (χ0) is 13.9. The summed E-state index contributed by atoms with van der Waals surface area (Å²) in [5, 5.41) is 0. The Bertz CT molecular complexity index is 463. The van der Waals surface area contributed by atoms with Crippen LogP contribution in [0.4, 0.5) is 0 Å². The molecule has 1 aliphatic rings. The molecule has 0 unspecified atom stereocenters. The van der Waals surface area contributed by atoms with Crippen LogP contribution in [0.3, 0.4) is 0 Å². The third-order valence-electron chi connectivity index (χ3n) is 3.79. The van der Waals surface area contributed by atoms with E-state index in [2.05, 4.69) is 37.8 Å². The molecule has 0 saturated heterocycles. The first-order valence-corrected chi connectivity index (χ1v) is 7.02.